The van der Waals surface area contributed by atoms with E-state index in [2.05, 4.69) is 17.2 Å². The van der Waals surface area contributed by atoms with Crippen molar-refractivity contribution < 1.29 is 9.53 Å². The highest BCUT2D eigenvalue weighted by atomic mass is 16.5. The van der Waals surface area contributed by atoms with Gasteiger partial charge in [-0.1, -0.05) is 19.4 Å². The van der Waals surface area contributed by atoms with Crippen molar-refractivity contribution in [1.82, 2.24) is 9.88 Å². The standard InChI is InChI=1S/C18H23N3O2/c1-4-5-11-21(2)18(22)17-13-15(9-10-19-17)20-14-7-6-8-16(12-14)23-3/h6-10,12-13H,4-5,11H2,1-3H3,(H,19,20). The molecule has 23 heavy (non-hydrogen) atoms. The summed E-state index contributed by atoms with van der Waals surface area (Å²) >= 11 is 0. The van der Waals surface area contributed by atoms with Crippen molar-refractivity contribution in [3.63, 3.8) is 0 Å². The normalized spacial score (nSPS) is 10.2. The van der Waals surface area contributed by atoms with Crippen LogP contribution in [0.4, 0.5) is 11.4 Å². The van der Waals surface area contributed by atoms with E-state index in [4.69, 9.17) is 4.74 Å². The first-order chi connectivity index (χ1) is 11.1. The predicted molar refractivity (Wildman–Crippen MR) is 92.4 cm³/mol. The van der Waals surface area contributed by atoms with Gasteiger partial charge in [-0.3, -0.25) is 9.78 Å². The summed E-state index contributed by atoms with van der Waals surface area (Å²) in [7, 11) is 3.44. The number of aromatic nitrogens is 1. The van der Waals surface area contributed by atoms with Gasteiger partial charge in [-0.15, -0.1) is 0 Å². The Kier molecular flexibility index (Phi) is 5.97. The fourth-order valence-electron chi connectivity index (χ4n) is 2.19. The van der Waals surface area contributed by atoms with Gasteiger partial charge in [-0.05, 0) is 30.7 Å². The quantitative estimate of drug-likeness (QED) is 0.846. The van der Waals surface area contributed by atoms with Gasteiger partial charge in [-0.25, -0.2) is 0 Å². The molecule has 0 aliphatic heterocycles. The van der Waals surface area contributed by atoms with Crippen molar-refractivity contribution in [2.75, 3.05) is 26.0 Å². The molecule has 1 heterocycles. The maximum Gasteiger partial charge on any atom is 0.272 e. The second-order valence-corrected chi connectivity index (χ2v) is 5.37. The molecule has 122 valence electrons. The van der Waals surface area contributed by atoms with Gasteiger partial charge >= 0.3 is 0 Å². The molecule has 0 saturated heterocycles. The lowest BCUT2D eigenvalue weighted by Crippen LogP contribution is -2.28. The van der Waals surface area contributed by atoms with E-state index >= 15 is 0 Å². The summed E-state index contributed by atoms with van der Waals surface area (Å²) in [6.07, 6.45) is 3.69. The first-order valence-electron chi connectivity index (χ1n) is 7.76. The van der Waals surface area contributed by atoms with Gasteiger partial charge in [0.25, 0.3) is 5.91 Å². The maximum absolute atomic E-state index is 12.4. The van der Waals surface area contributed by atoms with Crippen molar-refractivity contribution in [3.8, 4) is 5.75 Å². The second kappa shape index (κ2) is 8.17. The largest absolute Gasteiger partial charge is 0.497 e. The molecule has 0 atom stereocenters. The van der Waals surface area contributed by atoms with E-state index in [-0.39, 0.29) is 5.91 Å². The van der Waals surface area contributed by atoms with E-state index in [0.717, 1.165) is 36.5 Å². The average molecular weight is 313 g/mol. The summed E-state index contributed by atoms with van der Waals surface area (Å²) in [6.45, 7) is 2.85. The molecule has 2 rings (SSSR count). The number of unbranched alkanes of at least 4 members (excludes halogenated alkanes) is 1. The lowest BCUT2D eigenvalue weighted by atomic mass is 10.2. The molecule has 5 nitrogen and oxygen atoms in total. The summed E-state index contributed by atoms with van der Waals surface area (Å²) < 4.78 is 5.21. The molecule has 0 saturated carbocycles. The molecule has 0 unspecified atom stereocenters. The van der Waals surface area contributed by atoms with Crippen LogP contribution in [0.25, 0.3) is 0 Å². The molecular formula is C18H23N3O2. The van der Waals surface area contributed by atoms with Crippen LogP contribution in [-0.4, -0.2) is 36.5 Å². The van der Waals surface area contributed by atoms with Gasteiger partial charge in [0.15, 0.2) is 0 Å². The molecule has 0 bridgehead atoms. The Morgan fingerprint density at radius 2 is 2.04 bits per heavy atom. The van der Waals surface area contributed by atoms with Crippen LogP contribution in [0.5, 0.6) is 5.75 Å². The number of nitrogens with one attached hydrogen (secondary N) is 1. The van der Waals surface area contributed by atoms with Crippen LogP contribution in [0.15, 0.2) is 42.6 Å². The van der Waals surface area contributed by atoms with E-state index in [1.807, 2.05) is 37.4 Å². The highest BCUT2D eigenvalue weighted by molar-refractivity contribution is 5.93. The van der Waals surface area contributed by atoms with Crippen LogP contribution in [0.1, 0.15) is 30.3 Å². The third-order valence-electron chi connectivity index (χ3n) is 3.53. The molecule has 1 aromatic heterocycles. The Hall–Kier alpha value is -2.56. The van der Waals surface area contributed by atoms with Gasteiger partial charge in [0.2, 0.25) is 0 Å². The number of amides is 1. The van der Waals surface area contributed by atoms with E-state index in [9.17, 15) is 4.79 Å². The second-order valence-electron chi connectivity index (χ2n) is 5.37. The number of benzene rings is 1. The van der Waals surface area contributed by atoms with E-state index in [0.29, 0.717) is 5.69 Å². The van der Waals surface area contributed by atoms with E-state index in [1.165, 1.54) is 0 Å². The lowest BCUT2D eigenvalue weighted by Gasteiger charge is -2.16. The Balaban J connectivity index is 2.11. The highest BCUT2D eigenvalue weighted by Crippen LogP contribution is 2.21. The summed E-state index contributed by atoms with van der Waals surface area (Å²) in [5, 5.41) is 3.27. The SMILES string of the molecule is CCCCN(C)C(=O)c1cc(Nc2cccc(OC)c2)ccn1. The number of carbonyl (C=O) groups is 1. The lowest BCUT2D eigenvalue weighted by molar-refractivity contribution is 0.0787. The van der Waals surface area contributed by atoms with Gasteiger partial charge < -0.3 is 15.0 Å². The van der Waals surface area contributed by atoms with Gasteiger partial charge in [0.1, 0.15) is 11.4 Å². The van der Waals surface area contributed by atoms with Crippen molar-refractivity contribution in [1.29, 1.82) is 0 Å². The van der Waals surface area contributed by atoms with E-state index < -0.39 is 0 Å². The minimum atomic E-state index is -0.0623. The van der Waals surface area contributed by atoms with Crippen molar-refractivity contribution in [2.45, 2.75) is 19.8 Å². The number of ether oxygens (including phenoxy) is 1. The Bertz CT molecular complexity index is 658. The van der Waals surface area contributed by atoms with Crippen molar-refractivity contribution >= 4 is 17.3 Å². The predicted octanol–water partition coefficient (Wildman–Crippen LogP) is 3.71. The number of carbonyl (C=O) groups excluding carboxylic acids is 1. The first kappa shape index (κ1) is 16.8. The Labute approximate surface area is 137 Å². The fourth-order valence-corrected chi connectivity index (χ4v) is 2.19. The van der Waals surface area contributed by atoms with Crippen LogP contribution >= 0.6 is 0 Å². The fraction of sp³-hybridized carbons (Fsp3) is 0.333. The number of methoxy groups -OCH3 is 1. The zero-order valence-corrected chi connectivity index (χ0v) is 13.9. The van der Waals surface area contributed by atoms with Gasteiger partial charge in [0.05, 0.1) is 7.11 Å². The molecule has 2 aromatic rings. The number of pyridine rings is 1. The van der Waals surface area contributed by atoms with Crippen LogP contribution in [0.3, 0.4) is 0 Å². The smallest absolute Gasteiger partial charge is 0.272 e. The first-order valence-corrected chi connectivity index (χ1v) is 7.76. The molecule has 1 aromatic carbocycles. The molecule has 0 fully saturated rings. The topological polar surface area (TPSA) is 54.5 Å². The molecule has 0 radical (unpaired) electrons. The summed E-state index contributed by atoms with van der Waals surface area (Å²) in [4.78, 5) is 18.3. The Morgan fingerprint density at radius 3 is 2.78 bits per heavy atom. The average Bonchev–Trinajstić information content (AvgIpc) is 2.59. The van der Waals surface area contributed by atoms with E-state index in [1.54, 1.807) is 24.3 Å². The van der Waals surface area contributed by atoms with Crippen LogP contribution in [0, 0.1) is 0 Å². The summed E-state index contributed by atoms with van der Waals surface area (Å²) in [6, 6.07) is 11.2. The monoisotopic (exact) mass is 313 g/mol. The summed E-state index contributed by atoms with van der Waals surface area (Å²) in [5.74, 6) is 0.715. The minimum Gasteiger partial charge on any atom is -0.497 e. The molecule has 0 aliphatic carbocycles. The third-order valence-corrected chi connectivity index (χ3v) is 3.53. The molecule has 0 spiro atoms. The number of anilines is 2. The molecule has 1 N–H and O–H groups in total. The molecule has 5 heteroatoms. The minimum absolute atomic E-state index is 0.0623. The number of hydrogen-bond acceptors (Lipinski definition) is 4. The number of hydrogen-bond donors (Lipinski definition) is 1. The van der Waals surface area contributed by atoms with Crippen LogP contribution in [-0.2, 0) is 0 Å². The van der Waals surface area contributed by atoms with Gasteiger partial charge in [-0.2, -0.15) is 0 Å². The number of nitrogens with zero attached hydrogens (tertiary/aromatic N) is 2. The zero-order valence-electron chi connectivity index (χ0n) is 13.9. The van der Waals surface area contributed by atoms with Crippen molar-refractivity contribution in [2.24, 2.45) is 0 Å². The molecular weight excluding hydrogens is 290 g/mol. The molecule has 0 aliphatic rings. The summed E-state index contributed by atoms with van der Waals surface area (Å²) in [5.41, 5.74) is 2.16. The third kappa shape index (κ3) is 4.71. The Morgan fingerprint density at radius 1 is 1.26 bits per heavy atom. The number of rotatable bonds is 7. The molecule has 1 amide bonds. The van der Waals surface area contributed by atoms with Crippen LogP contribution in [0.2, 0.25) is 0 Å². The maximum atomic E-state index is 12.4. The van der Waals surface area contributed by atoms with Crippen molar-refractivity contribution in [3.05, 3.63) is 48.3 Å². The highest BCUT2D eigenvalue weighted by Gasteiger charge is 2.13. The van der Waals surface area contributed by atoms with Gasteiger partial charge in [0, 0.05) is 37.2 Å². The zero-order chi connectivity index (χ0) is 16.7. The van der Waals surface area contributed by atoms with Crippen LogP contribution < -0.4 is 10.1 Å².